The van der Waals surface area contributed by atoms with E-state index in [2.05, 4.69) is 38.9 Å². The smallest absolute Gasteiger partial charge is 0.253 e. The van der Waals surface area contributed by atoms with Gasteiger partial charge in [-0.1, -0.05) is 30.3 Å². The Morgan fingerprint density at radius 3 is 2.47 bits per heavy atom. The van der Waals surface area contributed by atoms with Gasteiger partial charge in [-0.3, -0.25) is 9.78 Å². The number of rotatable bonds is 6. The summed E-state index contributed by atoms with van der Waals surface area (Å²) in [6.45, 7) is 2.92. The molecule has 1 N–H and O–H groups in total. The van der Waals surface area contributed by atoms with E-state index in [0.717, 1.165) is 46.0 Å². The lowest BCUT2D eigenvalue weighted by molar-refractivity contribution is 0.0746. The molecule has 1 aromatic heterocycles. The summed E-state index contributed by atoms with van der Waals surface area (Å²) in [5.41, 5.74) is 3.69. The van der Waals surface area contributed by atoms with Crippen LogP contribution < -0.4 is 14.4 Å². The van der Waals surface area contributed by atoms with Gasteiger partial charge in [0.15, 0.2) is 0 Å². The third kappa shape index (κ3) is 4.65. The van der Waals surface area contributed by atoms with Gasteiger partial charge in [0, 0.05) is 49.0 Å². The van der Waals surface area contributed by atoms with Gasteiger partial charge in [0.2, 0.25) is 0 Å². The summed E-state index contributed by atoms with van der Waals surface area (Å²) in [5.74, 6) is 0.930. The molecule has 3 aromatic carbocycles. The molecule has 0 unspecified atom stereocenters. The number of amides is 1. The van der Waals surface area contributed by atoms with Crippen LogP contribution in [-0.4, -0.2) is 49.1 Å². The number of piperazine rings is 1. The molecule has 0 saturated carbocycles. The van der Waals surface area contributed by atoms with Crippen molar-refractivity contribution in [1.82, 2.24) is 9.88 Å². The van der Waals surface area contributed by atoms with Crippen LogP contribution in [0.15, 0.2) is 90.0 Å². The zero-order chi connectivity index (χ0) is 23.3. The Morgan fingerprint density at radius 1 is 0.912 bits per heavy atom. The monoisotopic (exact) mass is 470 g/mol. The van der Waals surface area contributed by atoms with E-state index in [9.17, 15) is 4.79 Å². The standard InChI is InChI=1S/C27H26N4O2S/c1-33-24-9-3-2-8-23(24)30-16-18-31(19-17-30)27(32)21-11-13-22(14-12-21)29-34-25-10-4-6-20-7-5-15-28-26(20)25/h2-15,29H,16-19H2,1H3. The zero-order valence-corrected chi connectivity index (χ0v) is 19.8. The number of anilines is 2. The number of hydrogen-bond donors (Lipinski definition) is 1. The molecule has 34 heavy (non-hydrogen) atoms. The minimum atomic E-state index is 0.0668. The van der Waals surface area contributed by atoms with Gasteiger partial charge in [0.25, 0.3) is 5.91 Å². The minimum Gasteiger partial charge on any atom is -0.495 e. The van der Waals surface area contributed by atoms with Gasteiger partial charge in [0.1, 0.15) is 5.75 Å². The largest absolute Gasteiger partial charge is 0.495 e. The molecule has 172 valence electrons. The Kier molecular flexibility index (Phi) is 6.53. The first kappa shape index (κ1) is 22.1. The molecule has 2 heterocycles. The van der Waals surface area contributed by atoms with E-state index in [0.29, 0.717) is 18.7 Å². The predicted molar refractivity (Wildman–Crippen MR) is 139 cm³/mol. The molecule has 0 aliphatic carbocycles. The van der Waals surface area contributed by atoms with Crippen molar-refractivity contribution in [1.29, 1.82) is 0 Å². The third-order valence-electron chi connectivity index (χ3n) is 6.00. The third-order valence-corrected chi connectivity index (χ3v) is 6.89. The molecular formula is C27H26N4O2S. The molecule has 1 amide bonds. The van der Waals surface area contributed by atoms with Crippen molar-refractivity contribution >= 4 is 40.1 Å². The normalized spacial score (nSPS) is 13.7. The Morgan fingerprint density at radius 2 is 1.68 bits per heavy atom. The maximum absolute atomic E-state index is 13.1. The average molecular weight is 471 g/mol. The number of nitrogens with one attached hydrogen (secondary N) is 1. The Labute approximate surface area is 203 Å². The quantitative estimate of drug-likeness (QED) is 0.385. The van der Waals surface area contributed by atoms with Gasteiger partial charge in [-0.25, -0.2) is 0 Å². The summed E-state index contributed by atoms with van der Waals surface area (Å²) in [6, 6.07) is 25.8. The fourth-order valence-electron chi connectivity index (χ4n) is 4.18. The van der Waals surface area contributed by atoms with Gasteiger partial charge in [0.05, 0.1) is 23.2 Å². The first-order valence-corrected chi connectivity index (χ1v) is 12.1. The van der Waals surface area contributed by atoms with Gasteiger partial charge in [-0.15, -0.1) is 0 Å². The number of nitrogens with zero attached hydrogens (tertiary/aromatic N) is 3. The fraction of sp³-hybridized carbons (Fsp3) is 0.185. The highest BCUT2D eigenvalue weighted by Crippen LogP contribution is 2.29. The van der Waals surface area contributed by atoms with Crippen molar-refractivity contribution in [2.75, 3.05) is 42.9 Å². The molecule has 7 heteroatoms. The van der Waals surface area contributed by atoms with Crippen LogP contribution in [0.1, 0.15) is 10.4 Å². The summed E-state index contributed by atoms with van der Waals surface area (Å²) in [7, 11) is 1.69. The summed E-state index contributed by atoms with van der Waals surface area (Å²) < 4.78 is 8.86. The van der Waals surface area contributed by atoms with E-state index in [-0.39, 0.29) is 5.91 Å². The first-order chi connectivity index (χ1) is 16.7. The maximum atomic E-state index is 13.1. The van der Waals surface area contributed by atoms with Crippen LogP contribution in [0.4, 0.5) is 11.4 Å². The highest BCUT2D eigenvalue weighted by atomic mass is 32.2. The number of carbonyl (C=O) groups is 1. The van der Waals surface area contributed by atoms with E-state index in [4.69, 9.17) is 4.74 Å². The lowest BCUT2D eigenvalue weighted by Crippen LogP contribution is -2.48. The second-order valence-electron chi connectivity index (χ2n) is 8.06. The van der Waals surface area contributed by atoms with Crippen LogP contribution in [0.25, 0.3) is 10.9 Å². The van der Waals surface area contributed by atoms with Crippen molar-refractivity contribution in [2.45, 2.75) is 4.90 Å². The van der Waals surface area contributed by atoms with Crippen LogP contribution in [0.2, 0.25) is 0 Å². The van der Waals surface area contributed by atoms with E-state index in [1.165, 1.54) is 11.9 Å². The van der Waals surface area contributed by atoms with Crippen LogP contribution >= 0.6 is 11.9 Å². The SMILES string of the molecule is COc1ccccc1N1CCN(C(=O)c2ccc(NSc3cccc4cccnc34)cc2)CC1. The Bertz CT molecular complexity index is 1280. The van der Waals surface area contributed by atoms with Crippen LogP contribution in [0, 0.1) is 0 Å². The molecule has 4 aromatic rings. The average Bonchev–Trinajstić information content (AvgIpc) is 2.92. The summed E-state index contributed by atoms with van der Waals surface area (Å²) in [5, 5.41) is 1.11. The molecule has 5 rings (SSSR count). The summed E-state index contributed by atoms with van der Waals surface area (Å²) >= 11 is 1.52. The molecule has 0 bridgehead atoms. The molecule has 1 fully saturated rings. The summed E-state index contributed by atoms with van der Waals surface area (Å²) in [6.07, 6.45) is 1.81. The molecule has 6 nitrogen and oxygen atoms in total. The number of para-hydroxylation sites is 3. The number of benzene rings is 3. The Balaban J connectivity index is 1.19. The van der Waals surface area contributed by atoms with Crippen molar-refractivity contribution in [2.24, 2.45) is 0 Å². The van der Waals surface area contributed by atoms with Crippen molar-refractivity contribution in [3.63, 3.8) is 0 Å². The number of aromatic nitrogens is 1. The molecule has 1 aliphatic heterocycles. The van der Waals surface area contributed by atoms with Gasteiger partial charge in [-0.2, -0.15) is 0 Å². The number of fused-ring (bicyclic) bond motifs is 1. The predicted octanol–water partition coefficient (Wildman–Crippen LogP) is 5.33. The van der Waals surface area contributed by atoms with Crippen LogP contribution in [0.3, 0.4) is 0 Å². The second kappa shape index (κ2) is 10.1. The van der Waals surface area contributed by atoms with E-state index in [1.807, 2.05) is 65.7 Å². The highest BCUT2D eigenvalue weighted by Gasteiger charge is 2.23. The van der Waals surface area contributed by atoms with Crippen LogP contribution in [-0.2, 0) is 0 Å². The minimum absolute atomic E-state index is 0.0668. The second-order valence-corrected chi connectivity index (χ2v) is 8.91. The van der Waals surface area contributed by atoms with E-state index in [1.54, 1.807) is 7.11 Å². The van der Waals surface area contributed by atoms with Crippen molar-refractivity contribution < 1.29 is 9.53 Å². The summed E-state index contributed by atoms with van der Waals surface area (Å²) in [4.78, 5) is 22.8. The molecule has 0 spiro atoms. The van der Waals surface area contributed by atoms with Gasteiger partial charge in [-0.05, 0) is 60.5 Å². The fourth-order valence-corrected chi connectivity index (χ4v) is 4.96. The lowest BCUT2D eigenvalue weighted by atomic mass is 10.1. The number of pyridine rings is 1. The molecule has 0 radical (unpaired) electrons. The number of ether oxygens (including phenoxy) is 1. The van der Waals surface area contributed by atoms with E-state index >= 15 is 0 Å². The van der Waals surface area contributed by atoms with Gasteiger partial charge < -0.3 is 19.3 Å². The van der Waals surface area contributed by atoms with E-state index < -0.39 is 0 Å². The highest BCUT2D eigenvalue weighted by molar-refractivity contribution is 8.00. The lowest BCUT2D eigenvalue weighted by Gasteiger charge is -2.36. The van der Waals surface area contributed by atoms with Gasteiger partial charge >= 0.3 is 0 Å². The molecular weight excluding hydrogens is 444 g/mol. The van der Waals surface area contributed by atoms with Crippen molar-refractivity contribution in [3.8, 4) is 5.75 Å². The zero-order valence-electron chi connectivity index (χ0n) is 19.0. The molecule has 1 aliphatic rings. The number of carbonyl (C=O) groups excluding carboxylic acids is 1. The first-order valence-electron chi connectivity index (χ1n) is 11.3. The van der Waals surface area contributed by atoms with Crippen LogP contribution in [0.5, 0.6) is 5.75 Å². The maximum Gasteiger partial charge on any atom is 0.253 e. The molecule has 1 saturated heterocycles. The van der Waals surface area contributed by atoms with Crippen molar-refractivity contribution in [3.05, 3.63) is 90.6 Å². The molecule has 0 atom stereocenters. The number of hydrogen-bond acceptors (Lipinski definition) is 6. The topological polar surface area (TPSA) is 57.7 Å². The Hall–Kier alpha value is -3.71. The number of methoxy groups -OCH3 is 1.